The zero-order chi connectivity index (χ0) is 9.26. The lowest BCUT2D eigenvalue weighted by Crippen LogP contribution is -2.15. The van der Waals surface area contributed by atoms with Gasteiger partial charge in [-0.15, -0.1) is 0 Å². The fraction of sp³-hybridized carbons (Fsp3) is 0. The first-order chi connectivity index (χ1) is 6.29. The molecule has 0 atom stereocenters. The number of hydrogen-bond acceptors (Lipinski definition) is 4. The number of anilines is 1. The predicted octanol–water partition coefficient (Wildman–Crippen LogP) is -0.462. The highest BCUT2D eigenvalue weighted by Crippen LogP contribution is 2.06. The minimum Gasteiger partial charge on any atom is -0.391 e. The highest BCUT2D eigenvalue weighted by molar-refractivity contribution is 5.50. The van der Waals surface area contributed by atoms with Crippen molar-refractivity contribution < 1.29 is 0 Å². The molecule has 0 aliphatic carbocycles. The van der Waals surface area contributed by atoms with Crippen molar-refractivity contribution in [3.63, 3.8) is 0 Å². The van der Waals surface area contributed by atoms with E-state index in [4.69, 9.17) is 5.73 Å². The maximum atomic E-state index is 11.1. The lowest BCUT2D eigenvalue weighted by molar-refractivity contribution is 0.964. The highest BCUT2D eigenvalue weighted by atomic mass is 16.1. The van der Waals surface area contributed by atoms with Crippen LogP contribution in [0.2, 0.25) is 0 Å². The topological polar surface area (TPSA) is 89.6 Å². The van der Waals surface area contributed by atoms with Crippen LogP contribution in [0, 0.1) is 0 Å². The van der Waals surface area contributed by atoms with Gasteiger partial charge in [0.1, 0.15) is 12.0 Å². The summed E-state index contributed by atoms with van der Waals surface area (Å²) in [7, 11) is 0. The molecule has 0 spiro atoms. The number of aromatic nitrogens is 4. The third-order valence-corrected chi connectivity index (χ3v) is 1.62. The summed E-state index contributed by atoms with van der Waals surface area (Å²) in [4.78, 5) is 21.2. The van der Waals surface area contributed by atoms with E-state index in [1.807, 2.05) is 0 Å². The molecule has 0 fully saturated rings. The number of nitrogen functional groups attached to an aromatic ring is 1. The SMILES string of the molecule is Nc1c(-n2ccnc2)nc[nH]c1=O. The average Bonchev–Trinajstić information content (AvgIpc) is 2.62. The summed E-state index contributed by atoms with van der Waals surface area (Å²) in [5.41, 5.74) is 5.25. The maximum absolute atomic E-state index is 11.1. The number of H-pyrrole nitrogens is 1. The molecule has 0 bridgehead atoms. The van der Waals surface area contributed by atoms with Crippen LogP contribution in [0.5, 0.6) is 0 Å². The van der Waals surface area contributed by atoms with E-state index in [9.17, 15) is 4.79 Å². The van der Waals surface area contributed by atoms with Crippen molar-refractivity contribution in [2.75, 3.05) is 5.73 Å². The van der Waals surface area contributed by atoms with Crippen molar-refractivity contribution in [2.24, 2.45) is 0 Å². The van der Waals surface area contributed by atoms with E-state index in [0.29, 0.717) is 5.82 Å². The zero-order valence-electron chi connectivity index (χ0n) is 6.64. The molecule has 6 nitrogen and oxygen atoms in total. The summed E-state index contributed by atoms with van der Waals surface area (Å²) < 4.78 is 1.57. The van der Waals surface area contributed by atoms with E-state index in [-0.39, 0.29) is 11.2 Å². The highest BCUT2D eigenvalue weighted by Gasteiger charge is 2.04. The normalized spacial score (nSPS) is 10.2. The van der Waals surface area contributed by atoms with Gasteiger partial charge in [0.15, 0.2) is 5.82 Å². The van der Waals surface area contributed by atoms with Gasteiger partial charge in [0.25, 0.3) is 5.56 Å². The molecule has 0 aliphatic rings. The minimum absolute atomic E-state index is 0.0838. The summed E-state index contributed by atoms with van der Waals surface area (Å²) >= 11 is 0. The first-order valence-corrected chi connectivity index (χ1v) is 3.60. The van der Waals surface area contributed by atoms with Crippen molar-refractivity contribution in [3.05, 3.63) is 35.4 Å². The van der Waals surface area contributed by atoms with Gasteiger partial charge in [-0.1, -0.05) is 0 Å². The fourth-order valence-corrected chi connectivity index (χ4v) is 0.991. The molecular formula is C7H7N5O. The Labute approximate surface area is 73.1 Å². The van der Waals surface area contributed by atoms with Crippen molar-refractivity contribution >= 4 is 5.69 Å². The Morgan fingerprint density at radius 2 is 2.38 bits per heavy atom. The van der Waals surface area contributed by atoms with Gasteiger partial charge >= 0.3 is 0 Å². The van der Waals surface area contributed by atoms with Crippen LogP contribution in [0.25, 0.3) is 5.82 Å². The number of rotatable bonds is 1. The van der Waals surface area contributed by atoms with Crippen LogP contribution in [-0.2, 0) is 0 Å². The Balaban J connectivity index is 2.66. The van der Waals surface area contributed by atoms with Crippen molar-refractivity contribution in [1.29, 1.82) is 0 Å². The third-order valence-electron chi connectivity index (χ3n) is 1.62. The minimum atomic E-state index is -0.348. The Bertz CT molecular complexity index is 458. The van der Waals surface area contributed by atoms with Crippen LogP contribution in [0.3, 0.4) is 0 Å². The molecule has 0 saturated heterocycles. The van der Waals surface area contributed by atoms with Crippen LogP contribution in [-0.4, -0.2) is 19.5 Å². The molecule has 3 N–H and O–H groups in total. The lowest BCUT2D eigenvalue weighted by atomic mass is 10.5. The van der Waals surface area contributed by atoms with E-state index in [1.165, 1.54) is 12.7 Å². The van der Waals surface area contributed by atoms with E-state index >= 15 is 0 Å². The van der Waals surface area contributed by atoms with Crippen LogP contribution in [0.4, 0.5) is 5.69 Å². The van der Waals surface area contributed by atoms with Crippen LogP contribution in [0.15, 0.2) is 29.8 Å². The summed E-state index contributed by atoms with van der Waals surface area (Å²) in [5, 5.41) is 0. The number of nitrogens with two attached hydrogens (primary N) is 1. The zero-order valence-corrected chi connectivity index (χ0v) is 6.64. The Morgan fingerprint density at radius 1 is 1.54 bits per heavy atom. The van der Waals surface area contributed by atoms with Gasteiger partial charge in [0.05, 0.1) is 6.33 Å². The van der Waals surface area contributed by atoms with Gasteiger partial charge < -0.3 is 10.7 Å². The number of hydrogen-bond donors (Lipinski definition) is 2. The standard InChI is InChI=1S/C7H7N5O/c8-5-6(10-3-11-7(5)13)12-2-1-9-4-12/h1-4H,8H2,(H,10,11,13). The number of imidazole rings is 1. The van der Waals surface area contributed by atoms with Gasteiger partial charge in [0, 0.05) is 12.4 Å². The van der Waals surface area contributed by atoms with E-state index < -0.39 is 0 Å². The van der Waals surface area contributed by atoms with Crippen LogP contribution < -0.4 is 11.3 Å². The Morgan fingerprint density at radius 3 is 3.08 bits per heavy atom. The molecule has 0 amide bonds. The van der Waals surface area contributed by atoms with Gasteiger partial charge in [-0.3, -0.25) is 9.36 Å². The Hall–Kier alpha value is -2.11. The molecule has 2 heterocycles. The quantitative estimate of drug-likeness (QED) is 0.616. The summed E-state index contributed by atoms with van der Waals surface area (Å²) in [6.45, 7) is 0. The van der Waals surface area contributed by atoms with Gasteiger partial charge in [-0.2, -0.15) is 0 Å². The molecule has 0 unspecified atom stereocenters. The first kappa shape index (κ1) is 7.53. The first-order valence-electron chi connectivity index (χ1n) is 3.60. The molecule has 0 aromatic carbocycles. The predicted molar refractivity (Wildman–Crippen MR) is 46.4 cm³/mol. The second kappa shape index (κ2) is 2.74. The van der Waals surface area contributed by atoms with Crippen LogP contribution >= 0.6 is 0 Å². The smallest absolute Gasteiger partial charge is 0.276 e. The monoisotopic (exact) mass is 177 g/mol. The van der Waals surface area contributed by atoms with Gasteiger partial charge in [-0.05, 0) is 0 Å². The summed E-state index contributed by atoms with van der Waals surface area (Å²) in [6, 6.07) is 0. The lowest BCUT2D eigenvalue weighted by Gasteiger charge is -2.01. The molecule has 6 heteroatoms. The molecule has 0 aliphatic heterocycles. The van der Waals surface area contributed by atoms with E-state index in [0.717, 1.165) is 0 Å². The number of nitrogens with one attached hydrogen (secondary N) is 1. The maximum Gasteiger partial charge on any atom is 0.276 e. The van der Waals surface area contributed by atoms with Gasteiger partial charge in [-0.25, -0.2) is 9.97 Å². The summed E-state index contributed by atoms with van der Waals surface area (Å²) in [5.74, 6) is 0.390. The van der Waals surface area contributed by atoms with Crippen LogP contribution in [0.1, 0.15) is 0 Å². The van der Waals surface area contributed by atoms with Crippen molar-refractivity contribution in [1.82, 2.24) is 19.5 Å². The molecular weight excluding hydrogens is 170 g/mol. The largest absolute Gasteiger partial charge is 0.391 e. The second-order valence-corrected chi connectivity index (χ2v) is 2.44. The summed E-state index contributed by atoms with van der Waals surface area (Å²) in [6.07, 6.45) is 6.08. The molecule has 2 aromatic heterocycles. The van der Waals surface area contributed by atoms with Crippen molar-refractivity contribution in [2.45, 2.75) is 0 Å². The van der Waals surface area contributed by atoms with Crippen molar-refractivity contribution in [3.8, 4) is 5.82 Å². The molecule has 0 radical (unpaired) electrons. The van der Waals surface area contributed by atoms with Gasteiger partial charge in [0.2, 0.25) is 0 Å². The molecule has 2 aromatic rings. The number of aromatic amines is 1. The average molecular weight is 177 g/mol. The molecule has 13 heavy (non-hydrogen) atoms. The van der Waals surface area contributed by atoms with E-state index in [2.05, 4.69) is 15.0 Å². The Kier molecular flexibility index (Phi) is 1.59. The number of nitrogens with zero attached hydrogens (tertiary/aromatic N) is 3. The fourth-order valence-electron chi connectivity index (χ4n) is 0.991. The second-order valence-electron chi connectivity index (χ2n) is 2.44. The molecule has 2 rings (SSSR count). The molecule has 66 valence electrons. The third kappa shape index (κ3) is 1.18. The van der Waals surface area contributed by atoms with E-state index in [1.54, 1.807) is 17.0 Å². The molecule has 0 saturated carbocycles.